The van der Waals surface area contributed by atoms with Crippen molar-refractivity contribution >= 4 is 11.1 Å². The Hall–Kier alpha value is -1.89. The van der Waals surface area contributed by atoms with E-state index in [1.54, 1.807) is 13.2 Å². The standard InChI is InChI=1S/C19H25NO4S/c1-14-8-9-16(12-19(14)25(21)22)10-11-20-15(2)13-24-18-7-5-4-6-17(18)23-3/h4-9,12,15,20H,10-11,13H2,1-3H3,(H,21,22). The molecular formula is C19H25NO4S. The zero-order chi connectivity index (χ0) is 18.2. The summed E-state index contributed by atoms with van der Waals surface area (Å²) in [5.41, 5.74) is 1.87. The first-order valence-electron chi connectivity index (χ1n) is 8.21. The average molecular weight is 363 g/mol. The van der Waals surface area contributed by atoms with Gasteiger partial charge in [-0.15, -0.1) is 0 Å². The summed E-state index contributed by atoms with van der Waals surface area (Å²) in [4.78, 5) is 0.477. The lowest BCUT2D eigenvalue weighted by atomic mass is 10.1. The minimum absolute atomic E-state index is 0.168. The number of methoxy groups -OCH3 is 1. The Morgan fingerprint density at radius 1 is 1.20 bits per heavy atom. The van der Waals surface area contributed by atoms with E-state index in [2.05, 4.69) is 12.2 Å². The molecule has 0 saturated carbocycles. The fourth-order valence-electron chi connectivity index (χ4n) is 2.46. The third kappa shape index (κ3) is 5.85. The fourth-order valence-corrected chi connectivity index (χ4v) is 3.06. The van der Waals surface area contributed by atoms with Crippen LogP contribution in [0.2, 0.25) is 0 Å². The van der Waals surface area contributed by atoms with Crippen molar-refractivity contribution in [1.82, 2.24) is 5.32 Å². The van der Waals surface area contributed by atoms with Gasteiger partial charge in [-0.05, 0) is 56.1 Å². The normalized spacial score (nSPS) is 13.3. The van der Waals surface area contributed by atoms with Gasteiger partial charge in [-0.25, -0.2) is 4.21 Å². The van der Waals surface area contributed by atoms with E-state index in [4.69, 9.17) is 9.47 Å². The van der Waals surface area contributed by atoms with Crippen molar-refractivity contribution in [2.45, 2.75) is 31.2 Å². The smallest absolute Gasteiger partial charge is 0.186 e. The van der Waals surface area contributed by atoms with Crippen LogP contribution < -0.4 is 14.8 Å². The van der Waals surface area contributed by atoms with Crippen LogP contribution in [0.4, 0.5) is 0 Å². The van der Waals surface area contributed by atoms with E-state index in [1.807, 2.05) is 43.3 Å². The first kappa shape index (κ1) is 19.4. The van der Waals surface area contributed by atoms with Crippen LogP contribution >= 0.6 is 0 Å². The van der Waals surface area contributed by atoms with Gasteiger partial charge in [0.1, 0.15) is 6.61 Å². The monoisotopic (exact) mass is 363 g/mol. The Morgan fingerprint density at radius 3 is 2.60 bits per heavy atom. The van der Waals surface area contributed by atoms with Gasteiger partial charge in [0.05, 0.1) is 12.0 Å². The topological polar surface area (TPSA) is 67.8 Å². The van der Waals surface area contributed by atoms with Crippen molar-refractivity contribution < 1.29 is 18.2 Å². The van der Waals surface area contributed by atoms with Crippen molar-refractivity contribution in [3.05, 3.63) is 53.6 Å². The molecule has 5 nitrogen and oxygen atoms in total. The summed E-state index contributed by atoms with van der Waals surface area (Å²) in [6.45, 7) is 5.18. The summed E-state index contributed by atoms with van der Waals surface area (Å²) in [5.74, 6) is 1.45. The maximum Gasteiger partial charge on any atom is 0.186 e. The van der Waals surface area contributed by atoms with Gasteiger partial charge in [0.2, 0.25) is 0 Å². The minimum atomic E-state index is -1.94. The van der Waals surface area contributed by atoms with Gasteiger partial charge < -0.3 is 19.3 Å². The van der Waals surface area contributed by atoms with E-state index >= 15 is 0 Å². The lowest BCUT2D eigenvalue weighted by Crippen LogP contribution is -2.33. The van der Waals surface area contributed by atoms with Crippen LogP contribution in [0, 0.1) is 6.92 Å². The lowest BCUT2D eigenvalue weighted by molar-refractivity contribution is 0.260. The van der Waals surface area contributed by atoms with Crippen LogP contribution in [0.1, 0.15) is 18.1 Å². The summed E-state index contributed by atoms with van der Waals surface area (Å²) in [7, 11) is 1.62. The van der Waals surface area contributed by atoms with Crippen LogP contribution in [0.15, 0.2) is 47.4 Å². The molecule has 0 saturated heterocycles. The maximum atomic E-state index is 11.3. The van der Waals surface area contributed by atoms with Gasteiger partial charge in [-0.2, -0.15) is 0 Å². The number of nitrogens with one attached hydrogen (secondary N) is 1. The van der Waals surface area contributed by atoms with Gasteiger partial charge in [-0.1, -0.05) is 24.3 Å². The van der Waals surface area contributed by atoms with Gasteiger partial charge in [-0.3, -0.25) is 0 Å². The van der Waals surface area contributed by atoms with E-state index in [0.717, 1.165) is 35.6 Å². The molecule has 2 aromatic carbocycles. The molecule has 0 amide bonds. The second-order valence-corrected chi connectivity index (χ2v) is 6.85. The molecule has 0 aromatic heterocycles. The molecule has 25 heavy (non-hydrogen) atoms. The zero-order valence-electron chi connectivity index (χ0n) is 14.8. The van der Waals surface area contributed by atoms with E-state index in [0.29, 0.717) is 11.5 Å². The molecule has 2 aromatic rings. The maximum absolute atomic E-state index is 11.3. The van der Waals surface area contributed by atoms with Gasteiger partial charge in [0.25, 0.3) is 0 Å². The molecule has 6 heteroatoms. The SMILES string of the molecule is COc1ccccc1OCC(C)NCCc1ccc(C)c(S(=O)O)c1. The highest BCUT2D eigenvalue weighted by Crippen LogP contribution is 2.25. The molecule has 0 fully saturated rings. The molecule has 0 aliphatic heterocycles. The van der Waals surface area contributed by atoms with Crippen LogP contribution in [-0.4, -0.2) is 35.1 Å². The van der Waals surface area contributed by atoms with Gasteiger partial charge in [0.15, 0.2) is 22.6 Å². The largest absolute Gasteiger partial charge is 0.493 e. The van der Waals surface area contributed by atoms with Crippen molar-refractivity contribution in [2.75, 3.05) is 20.3 Å². The van der Waals surface area contributed by atoms with Gasteiger partial charge in [0, 0.05) is 6.04 Å². The van der Waals surface area contributed by atoms with E-state index in [-0.39, 0.29) is 6.04 Å². The summed E-state index contributed by atoms with van der Waals surface area (Å²) in [5, 5.41) is 3.40. The van der Waals surface area contributed by atoms with Crippen LogP contribution in [0.3, 0.4) is 0 Å². The second-order valence-electron chi connectivity index (χ2n) is 5.92. The Morgan fingerprint density at radius 2 is 1.92 bits per heavy atom. The quantitative estimate of drug-likeness (QED) is 0.670. The zero-order valence-corrected chi connectivity index (χ0v) is 15.6. The summed E-state index contributed by atoms with van der Waals surface area (Å²) in [6, 6.07) is 13.4. The first-order valence-corrected chi connectivity index (χ1v) is 9.31. The number of hydrogen-bond acceptors (Lipinski definition) is 4. The van der Waals surface area contributed by atoms with E-state index in [1.165, 1.54) is 0 Å². The fraction of sp³-hybridized carbons (Fsp3) is 0.368. The number of hydrogen-bond donors (Lipinski definition) is 2. The highest BCUT2D eigenvalue weighted by Gasteiger charge is 2.08. The van der Waals surface area contributed by atoms with Gasteiger partial charge >= 0.3 is 0 Å². The van der Waals surface area contributed by atoms with E-state index in [9.17, 15) is 8.76 Å². The number of aryl methyl sites for hydroxylation is 1. The number of para-hydroxylation sites is 2. The summed E-state index contributed by atoms with van der Waals surface area (Å²) in [6.07, 6.45) is 0.781. The number of ether oxygens (including phenoxy) is 2. The molecule has 0 heterocycles. The predicted octanol–water partition coefficient (Wildman–Crippen LogP) is 3.18. The molecule has 2 unspecified atom stereocenters. The highest BCUT2D eigenvalue weighted by atomic mass is 32.2. The Balaban J connectivity index is 1.80. The van der Waals surface area contributed by atoms with Crippen LogP contribution in [-0.2, 0) is 17.5 Å². The van der Waals surface area contributed by atoms with E-state index < -0.39 is 11.1 Å². The molecule has 2 rings (SSSR count). The Kier molecular flexibility index (Phi) is 7.43. The van der Waals surface area contributed by atoms with Crippen molar-refractivity contribution in [3.8, 4) is 11.5 Å². The molecule has 136 valence electrons. The number of rotatable bonds is 9. The third-order valence-electron chi connectivity index (χ3n) is 3.91. The molecule has 0 aliphatic rings. The molecular weight excluding hydrogens is 338 g/mol. The Bertz CT molecular complexity index is 720. The molecule has 0 radical (unpaired) electrons. The molecule has 2 N–H and O–H groups in total. The van der Waals surface area contributed by atoms with Crippen molar-refractivity contribution in [1.29, 1.82) is 0 Å². The molecule has 0 aliphatic carbocycles. The predicted molar refractivity (Wildman–Crippen MR) is 99.9 cm³/mol. The van der Waals surface area contributed by atoms with Crippen molar-refractivity contribution in [3.63, 3.8) is 0 Å². The van der Waals surface area contributed by atoms with Crippen LogP contribution in [0.25, 0.3) is 0 Å². The average Bonchev–Trinajstić information content (AvgIpc) is 2.61. The molecule has 0 spiro atoms. The minimum Gasteiger partial charge on any atom is -0.493 e. The van der Waals surface area contributed by atoms with Crippen molar-refractivity contribution in [2.24, 2.45) is 0 Å². The summed E-state index contributed by atoms with van der Waals surface area (Å²) >= 11 is -1.94. The summed E-state index contributed by atoms with van der Waals surface area (Å²) < 4.78 is 31.7. The first-order chi connectivity index (χ1) is 12.0. The number of benzene rings is 2. The van der Waals surface area contributed by atoms with Crippen LogP contribution in [0.5, 0.6) is 11.5 Å². The Labute approximate surface area is 151 Å². The highest BCUT2D eigenvalue weighted by molar-refractivity contribution is 7.79. The lowest BCUT2D eigenvalue weighted by Gasteiger charge is -2.16. The second kappa shape index (κ2) is 9.56. The molecule has 0 bridgehead atoms. The third-order valence-corrected chi connectivity index (χ3v) is 4.72. The molecule has 2 atom stereocenters.